The minimum atomic E-state index is 0.0269. The predicted octanol–water partition coefficient (Wildman–Crippen LogP) is 2.91. The number of carbonyl (C=O) groups is 1. The highest BCUT2D eigenvalue weighted by atomic mass is 16.3. The van der Waals surface area contributed by atoms with Crippen molar-refractivity contribution in [1.29, 1.82) is 0 Å². The highest BCUT2D eigenvalue weighted by Crippen LogP contribution is 2.40. The van der Waals surface area contributed by atoms with Gasteiger partial charge in [0.1, 0.15) is 5.52 Å². The van der Waals surface area contributed by atoms with Crippen molar-refractivity contribution in [2.24, 2.45) is 0 Å². The van der Waals surface area contributed by atoms with Crippen molar-refractivity contribution in [1.82, 2.24) is 4.98 Å². The van der Waals surface area contributed by atoms with Gasteiger partial charge in [0.2, 0.25) is 0 Å². The van der Waals surface area contributed by atoms with E-state index >= 15 is 0 Å². The number of nitrogens with zero attached hydrogens (tertiary/aromatic N) is 1. The zero-order valence-corrected chi connectivity index (χ0v) is 8.49. The molecule has 1 heterocycles. The molecule has 3 nitrogen and oxygen atoms in total. The molecule has 0 amide bonds. The van der Waals surface area contributed by atoms with E-state index in [1.165, 1.54) is 0 Å². The highest BCUT2D eigenvalue weighted by molar-refractivity contribution is 6.04. The van der Waals surface area contributed by atoms with Crippen molar-refractivity contribution in [3.05, 3.63) is 29.7 Å². The lowest BCUT2D eigenvalue weighted by molar-refractivity contribution is 0.101. The van der Waals surface area contributed by atoms with Crippen LogP contribution in [0.4, 0.5) is 0 Å². The number of hydrogen-bond donors (Lipinski definition) is 0. The van der Waals surface area contributed by atoms with Gasteiger partial charge in [-0.15, -0.1) is 0 Å². The zero-order chi connectivity index (χ0) is 10.4. The van der Waals surface area contributed by atoms with Crippen LogP contribution in [0.3, 0.4) is 0 Å². The van der Waals surface area contributed by atoms with Gasteiger partial charge in [-0.05, 0) is 31.9 Å². The number of carbonyl (C=O) groups excluding carboxylic acids is 1. The summed E-state index contributed by atoms with van der Waals surface area (Å²) in [7, 11) is 0. The third-order valence-electron chi connectivity index (χ3n) is 2.74. The lowest BCUT2D eigenvalue weighted by Gasteiger charge is -1.94. The summed E-state index contributed by atoms with van der Waals surface area (Å²) in [5.74, 6) is 1.30. The van der Waals surface area contributed by atoms with Crippen molar-refractivity contribution in [2.75, 3.05) is 0 Å². The van der Waals surface area contributed by atoms with Crippen molar-refractivity contribution in [3.63, 3.8) is 0 Å². The number of fused-ring (bicyclic) bond motifs is 1. The Kier molecular flexibility index (Phi) is 1.69. The minimum absolute atomic E-state index is 0.0269. The summed E-state index contributed by atoms with van der Waals surface area (Å²) in [6.07, 6.45) is 2.31. The Morgan fingerprint density at radius 1 is 1.47 bits per heavy atom. The highest BCUT2D eigenvalue weighted by Gasteiger charge is 2.29. The van der Waals surface area contributed by atoms with E-state index in [1.807, 2.05) is 12.1 Å². The van der Waals surface area contributed by atoms with Gasteiger partial charge in [0.25, 0.3) is 0 Å². The largest absolute Gasteiger partial charge is 0.440 e. The van der Waals surface area contributed by atoms with Crippen LogP contribution in [-0.4, -0.2) is 10.8 Å². The van der Waals surface area contributed by atoms with Crippen LogP contribution < -0.4 is 0 Å². The van der Waals surface area contributed by atoms with Gasteiger partial charge < -0.3 is 4.42 Å². The van der Waals surface area contributed by atoms with Gasteiger partial charge in [0.15, 0.2) is 17.3 Å². The van der Waals surface area contributed by atoms with Crippen molar-refractivity contribution in [3.8, 4) is 0 Å². The molecule has 0 saturated heterocycles. The topological polar surface area (TPSA) is 43.1 Å². The molecule has 1 saturated carbocycles. The maximum Gasteiger partial charge on any atom is 0.198 e. The third-order valence-corrected chi connectivity index (χ3v) is 2.74. The standard InChI is InChI=1S/C12H11NO2/c1-7(14)9-3-2-4-10-11(9)15-12(13-10)8-5-6-8/h2-4,8H,5-6H2,1H3. The van der Waals surface area contributed by atoms with Gasteiger partial charge in [-0.2, -0.15) is 0 Å². The summed E-state index contributed by atoms with van der Waals surface area (Å²) in [5.41, 5.74) is 2.07. The van der Waals surface area contributed by atoms with E-state index in [1.54, 1.807) is 13.0 Å². The molecule has 0 spiro atoms. The first-order chi connectivity index (χ1) is 7.25. The van der Waals surface area contributed by atoms with Crippen LogP contribution in [0.25, 0.3) is 11.1 Å². The normalized spacial score (nSPS) is 15.8. The van der Waals surface area contributed by atoms with Crippen LogP contribution >= 0.6 is 0 Å². The molecule has 3 rings (SSSR count). The molecule has 0 N–H and O–H groups in total. The molecule has 1 aliphatic carbocycles. The van der Waals surface area contributed by atoms with Gasteiger partial charge in [0.05, 0.1) is 5.56 Å². The number of para-hydroxylation sites is 1. The summed E-state index contributed by atoms with van der Waals surface area (Å²) in [5, 5.41) is 0. The summed E-state index contributed by atoms with van der Waals surface area (Å²) in [4.78, 5) is 15.8. The number of oxazole rings is 1. The van der Waals surface area contributed by atoms with E-state index in [0.717, 1.165) is 24.2 Å². The zero-order valence-electron chi connectivity index (χ0n) is 8.49. The van der Waals surface area contributed by atoms with Gasteiger partial charge in [-0.25, -0.2) is 4.98 Å². The van der Waals surface area contributed by atoms with Crippen molar-refractivity contribution < 1.29 is 9.21 Å². The average molecular weight is 201 g/mol. The smallest absolute Gasteiger partial charge is 0.198 e. The molecule has 1 aliphatic rings. The van der Waals surface area contributed by atoms with Gasteiger partial charge >= 0.3 is 0 Å². The maximum atomic E-state index is 11.4. The second-order valence-electron chi connectivity index (χ2n) is 4.04. The average Bonchev–Trinajstić information content (AvgIpc) is 2.96. The Balaban J connectivity index is 2.23. The number of Topliss-reactive ketones (excluding diaryl/α,β-unsaturated/α-hetero) is 1. The molecule has 1 aromatic heterocycles. The molecule has 0 unspecified atom stereocenters. The monoisotopic (exact) mass is 201 g/mol. The van der Waals surface area contributed by atoms with Crippen LogP contribution in [0.5, 0.6) is 0 Å². The second-order valence-corrected chi connectivity index (χ2v) is 4.04. The fourth-order valence-corrected chi connectivity index (χ4v) is 1.75. The minimum Gasteiger partial charge on any atom is -0.440 e. The van der Waals surface area contributed by atoms with Crippen molar-refractivity contribution >= 4 is 16.9 Å². The van der Waals surface area contributed by atoms with Crippen LogP contribution in [0.1, 0.15) is 41.9 Å². The first-order valence-electron chi connectivity index (χ1n) is 5.16. The van der Waals surface area contributed by atoms with E-state index in [4.69, 9.17) is 4.42 Å². The lowest BCUT2D eigenvalue weighted by Crippen LogP contribution is -1.91. The first kappa shape index (κ1) is 8.65. The Labute approximate surface area is 87.1 Å². The SMILES string of the molecule is CC(=O)c1cccc2nc(C3CC3)oc12. The molecule has 0 atom stereocenters. The molecule has 76 valence electrons. The summed E-state index contributed by atoms with van der Waals surface area (Å²) in [6.45, 7) is 1.55. The van der Waals surface area contributed by atoms with E-state index < -0.39 is 0 Å². The van der Waals surface area contributed by atoms with Gasteiger partial charge in [0, 0.05) is 5.92 Å². The molecular weight excluding hydrogens is 190 g/mol. The number of benzene rings is 1. The number of rotatable bonds is 2. The number of hydrogen-bond acceptors (Lipinski definition) is 3. The summed E-state index contributed by atoms with van der Waals surface area (Å²) >= 11 is 0. The lowest BCUT2D eigenvalue weighted by atomic mass is 10.1. The van der Waals surface area contributed by atoms with Crippen LogP contribution in [0, 0.1) is 0 Å². The fraction of sp³-hybridized carbons (Fsp3) is 0.333. The maximum absolute atomic E-state index is 11.4. The third kappa shape index (κ3) is 1.35. The van der Waals surface area contributed by atoms with E-state index in [-0.39, 0.29) is 5.78 Å². The predicted molar refractivity (Wildman–Crippen MR) is 56.0 cm³/mol. The van der Waals surface area contributed by atoms with Gasteiger partial charge in [-0.3, -0.25) is 4.79 Å². The van der Waals surface area contributed by atoms with Crippen LogP contribution in [0.2, 0.25) is 0 Å². The molecular formula is C12H11NO2. The van der Waals surface area contributed by atoms with Crippen LogP contribution in [-0.2, 0) is 0 Å². The molecule has 15 heavy (non-hydrogen) atoms. The van der Waals surface area contributed by atoms with E-state index in [2.05, 4.69) is 4.98 Å². The summed E-state index contributed by atoms with van der Waals surface area (Å²) < 4.78 is 5.65. The summed E-state index contributed by atoms with van der Waals surface area (Å²) in [6, 6.07) is 5.52. The van der Waals surface area contributed by atoms with E-state index in [0.29, 0.717) is 17.1 Å². The number of aromatic nitrogens is 1. The van der Waals surface area contributed by atoms with Crippen molar-refractivity contribution in [2.45, 2.75) is 25.7 Å². The molecule has 1 fully saturated rings. The van der Waals surface area contributed by atoms with Gasteiger partial charge in [-0.1, -0.05) is 6.07 Å². The van der Waals surface area contributed by atoms with Crippen LogP contribution in [0.15, 0.2) is 22.6 Å². The Morgan fingerprint density at radius 2 is 2.27 bits per heavy atom. The molecule has 0 radical (unpaired) electrons. The molecule has 0 aliphatic heterocycles. The quantitative estimate of drug-likeness (QED) is 0.701. The molecule has 2 aromatic rings. The Hall–Kier alpha value is -1.64. The molecule has 3 heteroatoms. The molecule has 0 bridgehead atoms. The van der Waals surface area contributed by atoms with E-state index in [9.17, 15) is 4.79 Å². The molecule has 1 aromatic carbocycles. The number of ketones is 1. The fourth-order valence-electron chi connectivity index (χ4n) is 1.75. The second kappa shape index (κ2) is 2.92. The first-order valence-corrected chi connectivity index (χ1v) is 5.16. The Bertz CT molecular complexity index is 538. The Morgan fingerprint density at radius 3 is 2.93 bits per heavy atom.